The average molecular weight is 320 g/mol. The molecule has 6 nitrogen and oxygen atoms in total. The van der Waals surface area contributed by atoms with Crippen molar-refractivity contribution in [2.75, 3.05) is 7.11 Å². The Labute approximate surface area is 139 Å². The highest BCUT2D eigenvalue weighted by atomic mass is 16.5. The van der Waals surface area contributed by atoms with Gasteiger partial charge in [-0.15, -0.1) is 10.2 Å². The number of benzene rings is 1. The molecule has 0 aliphatic carbocycles. The molecule has 1 aliphatic heterocycles. The van der Waals surface area contributed by atoms with E-state index in [4.69, 9.17) is 9.15 Å². The number of nitrogens with zero attached hydrogens (tertiary/aromatic N) is 4. The first-order valence-corrected chi connectivity index (χ1v) is 7.70. The van der Waals surface area contributed by atoms with Crippen molar-refractivity contribution in [3.05, 3.63) is 53.5 Å². The van der Waals surface area contributed by atoms with Crippen LogP contribution in [0.1, 0.15) is 17.0 Å². The summed E-state index contributed by atoms with van der Waals surface area (Å²) in [6.45, 7) is 2.04. The normalized spacial score (nSPS) is 12.8. The Kier molecular flexibility index (Phi) is 3.57. The van der Waals surface area contributed by atoms with E-state index >= 15 is 0 Å². The van der Waals surface area contributed by atoms with Gasteiger partial charge in [-0.25, -0.2) is 4.98 Å². The lowest BCUT2D eigenvalue weighted by Gasteiger charge is -2.01. The van der Waals surface area contributed by atoms with Crippen molar-refractivity contribution in [1.29, 1.82) is 0 Å². The molecule has 1 aromatic carbocycles. The molecular weight excluding hydrogens is 304 g/mol. The summed E-state index contributed by atoms with van der Waals surface area (Å²) in [6.07, 6.45) is 3.01. The van der Waals surface area contributed by atoms with E-state index in [0.717, 1.165) is 28.9 Å². The van der Waals surface area contributed by atoms with Crippen LogP contribution in [0.25, 0.3) is 11.5 Å². The van der Waals surface area contributed by atoms with Gasteiger partial charge in [0.15, 0.2) is 0 Å². The zero-order chi connectivity index (χ0) is 16.5. The third kappa shape index (κ3) is 2.67. The largest absolute Gasteiger partial charge is 0.479 e. The first-order valence-electron chi connectivity index (χ1n) is 7.70. The summed E-state index contributed by atoms with van der Waals surface area (Å²) in [7, 11) is 1.60. The number of pyridine rings is 1. The molecule has 0 fully saturated rings. The zero-order valence-corrected chi connectivity index (χ0v) is 13.5. The number of methoxy groups -OCH3 is 1. The van der Waals surface area contributed by atoms with E-state index in [1.807, 2.05) is 37.3 Å². The van der Waals surface area contributed by atoms with E-state index < -0.39 is 0 Å². The van der Waals surface area contributed by atoms with Gasteiger partial charge in [-0.1, -0.05) is 17.7 Å². The molecule has 0 unspecified atom stereocenters. The predicted octanol–water partition coefficient (Wildman–Crippen LogP) is 3.32. The number of ether oxygens (including phenoxy) is 1. The maximum absolute atomic E-state index is 5.78. The van der Waals surface area contributed by atoms with Gasteiger partial charge >= 0.3 is 0 Å². The van der Waals surface area contributed by atoms with E-state index in [9.17, 15) is 0 Å². The lowest BCUT2D eigenvalue weighted by atomic mass is 10.1. The Morgan fingerprint density at radius 1 is 1.12 bits per heavy atom. The minimum absolute atomic E-state index is 0.524. The summed E-state index contributed by atoms with van der Waals surface area (Å²) in [5, 5.41) is 8.27. The number of hydrogen-bond donors (Lipinski definition) is 0. The molecule has 120 valence electrons. The van der Waals surface area contributed by atoms with Crippen LogP contribution in [0, 0.1) is 6.92 Å². The van der Waals surface area contributed by atoms with Crippen LogP contribution >= 0.6 is 0 Å². The highest BCUT2D eigenvalue weighted by Crippen LogP contribution is 2.34. The Morgan fingerprint density at radius 3 is 2.75 bits per heavy atom. The van der Waals surface area contributed by atoms with Crippen LogP contribution in [0.15, 0.2) is 45.9 Å². The third-order valence-electron chi connectivity index (χ3n) is 3.95. The molecule has 0 radical (unpaired) electrons. The Bertz CT molecular complexity index is 913. The minimum Gasteiger partial charge on any atom is -0.479 e. The fourth-order valence-corrected chi connectivity index (χ4v) is 2.72. The van der Waals surface area contributed by atoms with Crippen LogP contribution in [-0.2, 0) is 12.8 Å². The smallest absolute Gasteiger partial charge is 0.247 e. The topological polar surface area (TPSA) is 73.4 Å². The van der Waals surface area contributed by atoms with Crippen LogP contribution in [0.2, 0.25) is 0 Å². The van der Waals surface area contributed by atoms with E-state index in [0.29, 0.717) is 24.1 Å². The summed E-state index contributed by atoms with van der Waals surface area (Å²) in [4.78, 5) is 8.79. The number of aromatic nitrogens is 3. The number of hydrogen-bond acceptors (Lipinski definition) is 6. The van der Waals surface area contributed by atoms with Crippen molar-refractivity contribution in [3.8, 4) is 17.3 Å². The third-order valence-corrected chi connectivity index (χ3v) is 3.95. The maximum atomic E-state index is 5.78. The van der Waals surface area contributed by atoms with Crippen molar-refractivity contribution in [2.45, 2.75) is 19.8 Å². The molecule has 0 N–H and O–H groups in total. The van der Waals surface area contributed by atoms with E-state index in [2.05, 4.69) is 20.2 Å². The first kappa shape index (κ1) is 14.6. The lowest BCUT2D eigenvalue weighted by molar-refractivity contribution is 0.399. The Hall–Kier alpha value is -3.02. The standard InChI is InChI=1S/C18H16N4O2/c1-11-3-5-12(6-4-11)17-22-21-15(24-17)10-14-9-13-7-8-19-18(23-2)16(13)20-14/h3-8H,9-10H2,1-2H3. The molecule has 3 heterocycles. The van der Waals surface area contributed by atoms with Gasteiger partial charge in [-0.2, -0.15) is 0 Å². The number of aliphatic imine (C=N–C) groups is 1. The molecule has 0 spiro atoms. The van der Waals surface area contributed by atoms with Gasteiger partial charge < -0.3 is 9.15 Å². The molecule has 0 saturated carbocycles. The molecule has 6 heteroatoms. The molecule has 3 aromatic rings. The van der Waals surface area contributed by atoms with Crippen molar-refractivity contribution < 1.29 is 9.15 Å². The van der Waals surface area contributed by atoms with Gasteiger partial charge in [-0.3, -0.25) is 4.99 Å². The van der Waals surface area contributed by atoms with Gasteiger partial charge in [0.2, 0.25) is 17.7 Å². The maximum Gasteiger partial charge on any atom is 0.247 e. The molecule has 0 amide bonds. The monoisotopic (exact) mass is 320 g/mol. The van der Waals surface area contributed by atoms with Crippen molar-refractivity contribution in [1.82, 2.24) is 15.2 Å². The highest BCUT2D eigenvalue weighted by molar-refractivity contribution is 5.95. The molecule has 1 aliphatic rings. The minimum atomic E-state index is 0.524. The fourth-order valence-electron chi connectivity index (χ4n) is 2.72. The van der Waals surface area contributed by atoms with Gasteiger partial charge in [0.1, 0.15) is 5.69 Å². The summed E-state index contributed by atoms with van der Waals surface area (Å²) >= 11 is 0. The Morgan fingerprint density at radius 2 is 1.96 bits per heavy atom. The average Bonchev–Trinajstić information content (AvgIpc) is 3.22. The first-order chi connectivity index (χ1) is 11.7. The molecule has 0 atom stereocenters. The summed E-state index contributed by atoms with van der Waals surface area (Å²) in [5.74, 6) is 1.64. The summed E-state index contributed by atoms with van der Waals surface area (Å²) in [5.41, 5.74) is 4.99. The summed E-state index contributed by atoms with van der Waals surface area (Å²) in [6, 6.07) is 9.96. The van der Waals surface area contributed by atoms with Crippen LogP contribution in [0.3, 0.4) is 0 Å². The predicted molar refractivity (Wildman–Crippen MR) is 89.8 cm³/mol. The molecule has 0 bridgehead atoms. The van der Waals surface area contributed by atoms with E-state index in [1.165, 1.54) is 5.56 Å². The van der Waals surface area contributed by atoms with Crippen LogP contribution in [-0.4, -0.2) is 28.0 Å². The van der Waals surface area contributed by atoms with E-state index in [1.54, 1.807) is 13.3 Å². The second-order valence-electron chi connectivity index (χ2n) is 5.73. The zero-order valence-electron chi connectivity index (χ0n) is 13.5. The van der Waals surface area contributed by atoms with Crippen molar-refractivity contribution in [2.24, 2.45) is 4.99 Å². The second-order valence-corrected chi connectivity index (χ2v) is 5.73. The molecule has 2 aromatic heterocycles. The van der Waals surface area contributed by atoms with E-state index in [-0.39, 0.29) is 0 Å². The van der Waals surface area contributed by atoms with Crippen LogP contribution < -0.4 is 4.74 Å². The van der Waals surface area contributed by atoms with Crippen LogP contribution in [0.4, 0.5) is 5.69 Å². The number of rotatable bonds is 4. The fraction of sp³-hybridized carbons (Fsp3) is 0.222. The highest BCUT2D eigenvalue weighted by Gasteiger charge is 2.21. The molecular formula is C18H16N4O2. The van der Waals surface area contributed by atoms with Gasteiger partial charge in [0, 0.05) is 23.9 Å². The second kappa shape index (κ2) is 5.88. The van der Waals surface area contributed by atoms with Gasteiger partial charge in [-0.05, 0) is 30.7 Å². The van der Waals surface area contributed by atoms with Gasteiger partial charge in [0.25, 0.3) is 0 Å². The quantitative estimate of drug-likeness (QED) is 0.737. The van der Waals surface area contributed by atoms with Crippen molar-refractivity contribution >= 4 is 11.4 Å². The molecule has 4 rings (SSSR count). The summed E-state index contributed by atoms with van der Waals surface area (Å²) < 4.78 is 11.0. The van der Waals surface area contributed by atoms with Gasteiger partial charge in [0.05, 0.1) is 13.5 Å². The lowest BCUT2D eigenvalue weighted by Crippen LogP contribution is -2.02. The Balaban J connectivity index is 1.54. The molecule has 24 heavy (non-hydrogen) atoms. The number of aryl methyl sites for hydroxylation is 1. The number of fused-ring (bicyclic) bond motifs is 1. The van der Waals surface area contributed by atoms with Crippen LogP contribution in [0.5, 0.6) is 5.88 Å². The van der Waals surface area contributed by atoms with Crippen molar-refractivity contribution in [3.63, 3.8) is 0 Å². The molecule has 0 saturated heterocycles. The SMILES string of the molecule is COc1nccc2c1N=C(Cc1nnc(-c3ccc(C)cc3)o1)C2.